The molecule has 20 heavy (non-hydrogen) atoms. The van der Waals surface area contributed by atoms with Crippen LogP contribution in [0.15, 0.2) is 33.2 Å². The lowest BCUT2D eigenvalue weighted by molar-refractivity contribution is 0.192. The van der Waals surface area contributed by atoms with Crippen molar-refractivity contribution in [2.45, 2.75) is 19.3 Å². The summed E-state index contributed by atoms with van der Waals surface area (Å²) >= 11 is 0. The minimum absolute atomic E-state index is 0.235. The van der Waals surface area contributed by atoms with E-state index in [0.717, 1.165) is 24.0 Å². The molecule has 102 valence electrons. The van der Waals surface area contributed by atoms with Crippen LogP contribution in [0.5, 0.6) is 0 Å². The van der Waals surface area contributed by atoms with Crippen LogP contribution in [-0.2, 0) is 4.74 Å². The molecule has 0 aliphatic carbocycles. The molecule has 3 aromatic rings. The summed E-state index contributed by atoms with van der Waals surface area (Å²) in [7, 11) is 0. The minimum Gasteiger partial charge on any atom is -0.451 e. The molecule has 1 aliphatic heterocycles. The zero-order chi connectivity index (χ0) is 13.5. The van der Waals surface area contributed by atoms with Crippen molar-refractivity contribution in [2.24, 2.45) is 0 Å². The Bertz CT molecular complexity index is 753. The van der Waals surface area contributed by atoms with Crippen molar-refractivity contribution >= 4 is 11.0 Å². The van der Waals surface area contributed by atoms with E-state index in [9.17, 15) is 0 Å². The van der Waals surface area contributed by atoms with Gasteiger partial charge in [0.2, 0.25) is 0 Å². The van der Waals surface area contributed by atoms with Gasteiger partial charge in [-0.1, -0.05) is 16.8 Å². The average molecular weight is 270 g/mol. The third kappa shape index (κ3) is 1.91. The topological polar surface area (TPSA) is 61.3 Å². The summed E-state index contributed by atoms with van der Waals surface area (Å²) in [5.41, 5.74) is 2.02. The lowest BCUT2D eigenvalue weighted by Gasteiger charge is -1.97. The molecule has 0 radical (unpaired) electrons. The van der Waals surface area contributed by atoms with Gasteiger partial charge in [-0.25, -0.2) is 0 Å². The summed E-state index contributed by atoms with van der Waals surface area (Å²) in [4.78, 5) is 4.43. The fraction of sp³-hybridized carbons (Fsp3) is 0.333. The summed E-state index contributed by atoms with van der Waals surface area (Å²) in [5.74, 6) is 1.98. The average Bonchev–Trinajstić information content (AvgIpc) is 3.17. The fourth-order valence-corrected chi connectivity index (χ4v) is 2.51. The molecule has 1 aliphatic rings. The standard InChI is InChI=1S/C15H14N2O3/c1-9-2-3-12-11(6-9)7-13(19-12)15-16-14(17-20-15)10-4-5-18-8-10/h2-3,6-7,10H,4-5,8H2,1H3. The first-order valence-electron chi connectivity index (χ1n) is 6.71. The van der Waals surface area contributed by atoms with E-state index in [0.29, 0.717) is 24.1 Å². The lowest BCUT2D eigenvalue weighted by atomic mass is 10.1. The number of furan rings is 1. The van der Waals surface area contributed by atoms with Crippen molar-refractivity contribution in [1.29, 1.82) is 0 Å². The van der Waals surface area contributed by atoms with E-state index in [1.54, 1.807) is 0 Å². The highest BCUT2D eigenvalue weighted by molar-refractivity contribution is 5.82. The molecule has 0 amide bonds. The molecule has 1 atom stereocenters. The predicted molar refractivity (Wildman–Crippen MR) is 72.4 cm³/mol. The molecule has 2 aromatic heterocycles. The highest BCUT2D eigenvalue weighted by Crippen LogP contribution is 2.29. The quantitative estimate of drug-likeness (QED) is 0.715. The maximum Gasteiger partial charge on any atom is 0.293 e. The zero-order valence-electron chi connectivity index (χ0n) is 11.1. The van der Waals surface area contributed by atoms with E-state index in [2.05, 4.69) is 23.1 Å². The van der Waals surface area contributed by atoms with E-state index in [1.165, 1.54) is 5.56 Å². The van der Waals surface area contributed by atoms with Gasteiger partial charge in [-0.3, -0.25) is 0 Å². The number of rotatable bonds is 2. The molecule has 0 N–H and O–H groups in total. The molecule has 0 saturated carbocycles. The summed E-state index contributed by atoms with van der Waals surface area (Å²) < 4.78 is 16.4. The van der Waals surface area contributed by atoms with Gasteiger partial charge in [-0.2, -0.15) is 4.98 Å². The van der Waals surface area contributed by atoms with Crippen molar-refractivity contribution in [3.63, 3.8) is 0 Å². The Morgan fingerprint density at radius 3 is 3.05 bits per heavy atom. The van der Waals surface area contributed by atoms with E-state index >= 15 is 0 Å². The first kappa shape index (κ1) is 11.7. The number of aromatic nitrogens is 2. The van der Waals surface area contributed by atoms with Crippen LogP contribution in [0.3, 0.4) is 0 Å². The van der Waals surface area contributed by atoms with Crippen molar-refractivity contribution < 1.29 is 13.7 Å². The number of ether oxygens (including phenoxy) is 1. The van der Waals surface area contributed by atoms with Crippen molar-refractivity contribution in [3.05, 3.63) is 35.7 Å². The second-order valence-corrected chi connectivity index (χ2v) is 5.17. The maximum absolute atomic E-state index is 5.76. The smallest absolute Gasteiger partial charge is 0.293 e. The van der Waals surface area contributed by atoms with Crippen LogP contribution in [0.2, 0.25) is 0 Å². The van der Waals surface area contributed by atoms with Crippen LogP contribution >= 0.6 is 0 Å². The monoisotopic (exact) mass is 270 g/mol. The van der Waals surface area contributed by atoms with Gasteiger partial charge < -0.3 is 13.7 Å². The van der Waals surface area contributed by atoms with Crippen LogP contribution in [0.4, 0.5) is 0 Å². The van der Waals surface area contributed by atoms with Gasteiger partial charge in [0.25, 0.3) is 5.89 Å². The number of fused-ring (bicyclic) bond motifs is 1. The van der Waals surface area contributed by atoms with Gasteiger partial charge in [0.1, 0.15) is 5.58 Å². The van der Waals surface area contributed by atoms with E-state index < -0.39 is 0 Å². The van der Waals surface area contributed by atoms with Crippen LogP contribution in [0.25, 0.3) is 22.6 Å². The summed E-state index contributed by atoms with van der Waals surface area (Å²) in [5, 5.41) is 5.08. The highest BCUT2D eigenvalue weighted by atomic mass is 16.5. The van der Waals surface area contributed by atoms with Gasteiger partial charge in [-0.05, 0) is 31.5 Å². The number of nitrogens with zero attached hydrogens (tertiary/aromatic N) is 2. The summed E-state index contributed by atoms with van der Waals surface area (Å²) in [6.45, 7) is 3.48. The number of aryl methyl sites for hydroxylation is 1. The SMILES string of the molecule is Cc1ccc2oc(-c3nc(C4CCOC4)no3)cc2c1. The second-order valence-electron chi connectivity index (χ2n) is 5.17. The molecule has 3 heterocycles. The molecule has 0 spiro atoms. The Labute approximate surface area is 115 Å². The lowest BCUT2D eigenvalue weighted by Crippen LogP contribution is -1.99. The molecule has 0 bridgehead atoms. The van der Waals surface area contributed by atoms with Gasteiger partial charge in [-0.15, -0.1) is 0 Å². The Morgan fingerprint density at radius 2 is 2.20 bits per heavy atom. The summed E-state index contributed by atoms with van der Waals surface area (Å²) in [6.07, 6.45) is 0.943. The Hall–Kier alpha value is -2.14. The van der Waals surface area contributed by atoms with Gasteiger partial charge in [0.15, 0.2) is 11.6 Å². The molecular formula is C15H14N2O3. The van der Waals surface area contributed by atoms with Crippen molar-refractivity contribution in [2.75, 3.05) is 13.2 Å². The second kappa shape index (κ2) is 4.45. The Kier molecular flexibility index (Phi) is 2.60. The molecule has 1 saturated heterocycles. The highest BCUT2D eigenvalue weighted by Gasteiger charge is 2.24. The molecule has 1 fully saturated rings. The Morgan fingerprint density at radius 1 is 1.25 bits per heavy atom. The van der Waals surface area contributed by atoms with E-state index in [-0.39, 0.29) is 5.92 Å². The van der Waals surface area contributed by atoms with E-state index in [4.69, 9.17) is 13.7 Å². The third-order valence-electron chi connectivity index (χ3n) is 3.62. The normalized spacial score (nSPS) is 18.9. The number of hydrogen-bond donors (Lipinski definition) is 0. The van der Waals surface area contributed by atoms with Crippen LogP contribution < -0.4 is 0 Å². The third-order valence-corrected chi connectivity index (χ3v) is 3.62. The molecule has 5 nitrogen and oxygen atoms in total. The van der Waals surface area contributed by atoms with Gasteiger partial charge >= 0.3 is 0 Å². The van der Waals surface area contributed by atoms with Crippen LogP contribution in [-0.4, -0.2) is 23.4 Å². The van der Waals surface area contributed by atoms with E-state index in [1.807, 2.05) is 18.2 Å². The maximum atomic E-state index is 5.76. The molecule has 4 rings (SSSR count). The summed E-state index contributed by atoms with van der Waals surface area (Å²) in [6, 6.07) is 7.98. The van der Waals surface area contributed by atoms with Gasteiger partial charge in [0, 0.05) is 17.9 Å². The van der Waals surface area contributed by atoms with Crippen LogP contribution in [0, 0.1) is 6.92 Å². The molecule has 1 aromatic carbocycles. The molecule has 1 unspecified atom stereocenters. The zero-order valence-corrected chi connectivity index (χ0v) is 11.1. The van der Waals surface area contributed by atoms with Crippen molar-refractivity contribution in [1.82, 2.24) is 10.1 Å². The number of hydrogen-bond acceptors (Lipinski definition) is 5. The Balaban J connectivity index is 1.71. The fourth-order valence-electron chi connectivity index (χ4n) is 2.51. The number of benzene rings is 1. The largest absolute Gasteiger partial charge is 0.451 e. The molecular weight excluding hydrogens is 256 g/mol. The minimum atomic E-state index is 0.235. The predicted octanol–water partition coefficient (Wildman–Crippen LogP) is 3.30. The van der Waals surface area contributed by atoms with Crippen LogP contribution in [0.1, 0.15) is 23.7 Å². The first-order chi connectivity index (χ1) is 9.79. The van der Waals surface area contributed by atoms with Crippen molar-refractivity contribution in [3.8, 4) is 11.7 Å². The van der Waals surface area contributed by atoms with Gasteiger partial charge in [0.05, 0.1) is 6.61 Å². The first-order valence-corrected chi connectivity index (χ1v) is 6.71. The molecule has 5 heteroatoms.